The molecule has 0 saturated heterocycles. The van der Waals surface area contributed by atoms with Gasteiger partial charge in [-0.1, -0.05) is 58.3 Å². The third kappa shape index (κ3) is 5.28. The first-order valence-electron chi connectivity index (χ1n) is 9.66. The molecule has 1 aromatic heterocycles. The third-order valence-electron chi connectivity index (χ3n) is 5.25. The van der Waals surface area contributed by atoms with E-state index in [1.54, 1.807) is 6.07 Å². The number of thioether (sulfide) groups is 1. The van der Waals surface area contributed by atoms with Gasteiger partial charge in [0.05, 0.1) is 17.3 Å². The minimum atomic E-state index is -2.05. The first-order valence-corrected chi connectivity index (χ1v) is 13.4. The van der Waals surface area contributed by atoms with E-state index >= 15 is 0 Å². The molecule has 5 nitrogen and oxygen atoms in total. The van der Waals surface area contributed by atoms with E-state index in [0.717, 1.165) is 0 Å². The summed E-state index contributed by atoms with van der Waals surface area (Å²) in [6.07, 6.45) is 1.89. The van der Waals surface area contributed by atoms with Crippen LogP contribution in [0.15, 0.2) is 27.8 Å². The van der Waals surface area contributed by atoms with Crippen molar-refractivity contribution in [3.05, 3.63) is 40.4 Å². The topological polar surface area (TPSA) is 60.5 Å². The van der Waals surface area contributed by atoms with Gasteiger partial charge < -0.3 is 4.43 Å². The molecule has 0 bridgehead atoms. The number of halogens is 2. The third-order valence-corrected chi connectivity index (χ3v) is 12.3. The van der Waals surface area contributed by atoms with Crippen LogP contribution in [0.25, 0.3) is 0 Å². The Kier molecular flexibility index (Phi) is 8.45. The van der Waals surface area contributed by atoms with E-state index in [4.69, 9.17) is 20.7 Å². The van der Waals surface area contributed by atoms with Crippen LogP contribution in [0.1, 0.15) is 52.9 Å². The van der Waals surface area contributed by atoms with Gasteiger partial charge in [0, 0.05) is 0 Å². The molecule has 0 N–H and O–H groups in total. The SMILES string of the molecule is CSC(=Nc1ccc(F)c(Cl)c1)c1nonc1CO[Si](C(C)C)(C(C)C)C(C)C. The summed E-state index contributed by atoms with van der Waals surface area (Å²) in [5.74, 6) is -0.481. The van der Waals surface area contributed by atoms with Crippen LogP contribution in [-0.4, -0.2) is 29.9 Å². The van der Waals surface area contributed by atoms with Crippen molar-refractivity contribution >= 4 is 42.4 Å². The molecule has 0 unspecified atom stereocenters. The van der Waals surface area contributed by atoms with Crippen molar-refractivity contribution in [3.63, 3.8) is 0 Å². The highest BCUT2D eigenvalue weighted by molar-refractivity contribution is 8.13. The summed E-state index contributed by atoms with van der Waals surface area (Å²) in [6.45, 7) is 13.7. The predicted molar refractivity (Wildman–Crippen MR) is 121 cm³/mol. The summed E-state index contributed by atoms with van der Waals surface area (Å²) in [6, 6.07) is 4.33. The van der Waals surface area contributed by atoms with Crippen LogP contribution in [0.2, 0.25) is 21.6 Å². The number of hydrogen-bond donors (Lipinski definition) is 0. The molecule has 1 heterocycles. The molecule has 0 aliphatic rings. The molecule has 0 radical (unpaired) electrons. The first-order chi connectivity index (χ1) is 13.6. The van der Waals surface area contributed by atoms with E-state index in [9.17, 15) is 4.39 Å². The lowest BCUT2D eigenvalue weighted by Gasteiger charge is -2.41. The lowest BCUT2D eigenvalue weighted by atomic mass is 10.3. The van der Waals surface area contributed by atoms with Gasteiger partial charge in [0.25, 0.3) is 0 Å². The number of aromatic nitrogens is 2. The summed E-state index contributed by atoms with van der Waals surface area (Å²) >= 11 is 7.28. The van der Waals surface area contributed by atoms with Crippen LogP contribution in [0.4, 0.5) is 10.1 Å². The maximum atomic E-state index is 13.4. The van der Waals surface area contributed by atoms with Crippen LogP contribution < -0.4 is 0 Å². The van der Waals surface area contributed by atoms with Crippen LogP contribution in [-0.2, 0) is 11.0 Å². The first kappa shape index (κ1) is 24.1. The molecule has 9 heteroatoms. The van der Waals surface area contributed by atoms with Crippen LogP contribution in [0, 0.1) is 5.82 Å². The van der Waals surface area contributed by atoms with E-state index < -0.39 is 14.1 Å². The van der Waals surface area contributed by atoms with Crippen LogP contribution in [0.5, 0.6) is 0 Å². The Hall–Kier alpha value is -1.22. The molecule has 0 amide bonds. The van der Waals surface area contributed by atoms with Gasteiger partial charge in [-0.3, -0.25) is 0 Å². The van der Waals surface area contributed by atoms with Gasteiger partial charge in [-0.2, -0.15) is 0 Å². The van der Waals surface area contributed by atoms with Gasteiger partial charge in [-0.05, 0) is 46.2 Å². The molecule has 160 valence electrons. The van der Waals surface area contributed by atoms with Crippen LogP contribution >= 0.6 is 23.4 Å². The van der Waals surface area contributed by atoms with Gasteiger partial charge in [0.15, 0.2) is 5.69 Å². The summed E-state index contributed by atoms with van der Waals surface area (Å²) in [5.41, 5.74) is 3.07. The average molecular weight is 458 g/mol. The Labute approximate surface area is 182 Å². The number of nitrogens with zero attached hydrogens (tertiary/aromatic N) is 3. The van der Waals surface area contributed by atoms with Gasteiger partial charge in [-0.25, -0.2) is 14.0 Å². The molecule has 0 saturated carbocycles. The summed E-state index contributed by atoms with van der Waals surface area (Å²) in [5, 5.41) is 8.75. The van der Waals surface area contributed by atoms with Gasteiger partial charge in [-0.15, -0.1) is 11.8 Å². The molecule has 29 heavy (non-hydrogen) atoms. The zero-order valence-electron chi connectivity index (χ0n) is 18.0. The predicted octanol–water partition coefficient (Wildman–Crippen LogP) is 7.00. The standard InChI is InChI=1S/C20H29ClFN3O2SSi/c1-12(2)29(13(3)4,14(5)6)26-11-18-19(25-27-24-18)20(28-7)23-15-8-9-17(22)16(21)10-15/h8-10,12-14H,11H2,1-7H3. The number of rotatable bonds is 8. The molecule has 0 aliphatic heterocycles. The summed E-state index contributed by atoms with van der Waals surface area (Å²) < 4.78 is 25.1. The second kappa shape index (κ2) is 10.2. The summed E-state index contributed by atoms with van der Waals surface area (Å²) in [7, 11) is -2.05. The highest BCUT2D eigenvalue weighted by Crippen LogP contribution is 2.42. The second-order valence-electron chi connectivity index (χ2n) is 7.89. The van der Waals surface area contributed by atoms with Gasteiger partial charge in [0.2, 0.25) is 8.32 Å². The van der Waals surface area contributed by atoms with Gasteiger partial charge >= 0.3 is 0 Å². The average Bonchev–Trinajstić information content (AvgIpc) is 3.10. The van der Waals surface area contributed by atoms with E-state index in [1.807, 2.05) is 6.26 Å². The molecule has 0 fully saturated rings. The Morgan fingerprint density at radius 1 is 1.17 bits per heavy atom. The molecular formula is C20H29ClFN3O2SSi. The number of benzene rings is 1. The molecule has 0 aliphatic carbocycles. The van der Waals surface area contributed by atoms with Crippen molar-refractivity contribution in [2.75, 3.05) is 6.26 Å². The van der Waals surface area contributed by atoms with Crippen molar-refractivity contribution in [1.82, 2.24) is 10.3 Å². The Morgan fingerprint density at radius 2 is 1.79 bits per heavy atom. The smallest absolute Gasteiger partial charge is 0.200 e. The normalized spacial score (nSPS) is 13.2. The van der Waals surface area contributed by atoms with Crippen molar-refractivity contribution in [2.45, 2.75) is 64.8 Å². The zero-order valence-corrected chi connectivity index (χ0v) is 20.6. The fourth-order valence-corrected chi connectivity index (χ4v) is 10.1. The highest BCUT2D eigenvalue weighted by Gasteiger charge is 2.45. The van der Waals surface area contributed by atoms with Crippen molar-refractivity contribution in [3.8, 4) is 0 Å². The van der Waals surface area contributed by atoms with E-state index in [2.05, 4.69) is 56.8 Å². The Morgan fingerprint density at radius 3 is 2.31 bits per heavy atom. The molecule has 2 aromatic rings. The lowest BCUT2D eigenvalue weighted by Crippen LogP contribution is -2.47. The summed E-state index contributed by atoms with van der Waals surface area (Å²) in [4.78, 5) is 4.55. The molecule has 0 atom stereocenters. The van der Waals surface area contributed by atoms with Crippen molar-refractivity contribution in [1.29, 1.82) is 0 Å². The van der Waals surface area contributed by atoms with Crippen LogP contribution in [0.3, 0.4) is 0 Å². The zero-order chi connectivity index (χ0) is 21.8. The minimum absolute atomic E-state index is 0.0233. The monoisotopic (exact) mass is 457 g/mol. The molecule has 1 aromatic carbocycles. The number of aliphatic imine (C=N–C) groups is 1. The quantitative estimate of drug-likeness (QED) is 0.242. The lowest BCUT2D eigenvalue weighted by molar-refractivity contribution is 0.246. The van der Waals surface area contributed by atoms with Gasteiger partial charge in [0.1, 0.15) is 16.6 Å². The van der Waals surface area contributed by atoms with Crippen molar-refractivity contribution in [2.24, 2.45) is 4.99 Å². The molecular weight excluding hydrogens is 429 g/mol. The largest absolute Gasteiger partial charge is 0.410 e. The fraction of sp³-hybridized carbons (Fsp3) is 0.550. The highest BCUT2D eigenvalue weighted by atomic mass is 35.5. The minimum Gasteiger partial charge on any atom is -0.410 e. The number of hydrogen-bond acceptors (Lipinski definition) is 6. The van der Waals surface area contributed by atoms with E-state index in [1.165, 1.54) is 23.9 Å². The van der Waals surface area contributed by atoms with Crippen molar-refractivity contribution < 1.29 is 13.4 Å². The van der Waals surface area contributed by atoms with E-state index in [-0.39, 0.29) is 5.02 Å². The van der Waals surface area contributed by atoms with E-state index in [0.29, 0.717) is 45.3 Å². The second-order valence-corrected chi connectivity index (χ2v) is 14.5. The maximum absolute atomic E-state index is 13.4. The molecule has 0 spiro atoms. The Bertz CT molecular complexity index is 836. The maximum Gasteiger partial charge on any atom is 0.200 e. The fourth-order valence-electron chi connectivity index (χ4n) is 4.02. The Balaban J connectivity index is 2.33. The molecule has 2 rings (SSSR count).